The lowest BCUT2D eigenvalue weighted by atomic mass is 10.0. The minimum Gasteiger partial charge on any atom is -0.494 e. The number of carboxylic acid groups (broad SMARTS) is 1. The van der Waals surface area contributed by atoms with Crippen molar-refractivity contribution in [3.8, 4) is 16.2 Å². The standard InChI is InChI=1S/C21H20N2O7S2/c1-22-9-15(24)13-7-16(31-21(13)32(22,28)29)11-5-6-12-17(19(11)30-2)23(10-3-4-10)8-14(18(12)25)20(26)27/h5-8,10,15,24H,3-4,9H2,1-2H3,(H,26,27). The normalized spacial score (nSPS) is 20.3. The van der Waals surface area contributed by atoms with Crippen molar-refractivity contribution in [3.63, 3.8) is 0 Å². The average Bonchev–Trinajstić information content (AvgIpc) is 3.48. The Labute approximate surface area is 187 Å². The van der Waals surface area contributed by atoms with Gasteiger partial charge in [-0.1, -0.05) is 0 Å². The number of aliphatic hydroxyl groups is 1. The SMILES string of the molecule is COc1c(-c2cc3c(s2)S(=O)(=O)N(C)CC3O)ccc2c(=O)c(C(=O)O)cn(C3CC3)c12. The molecule has 32 heavy (non-hydrogen) atoms. The number of aromatic carboxylic acids is 1. The largest absolute Gasteiger partial charge is 0.494 e. The van der Waals surface area contributed by atoms with Gasteiger partial charge in [0.05, 0.1) is 24.1 Å². The Morgan fingerprint density at radius 3 is 2.62 bits per heavy atom. The monoisotopic (exact) mass is 476 g/mol. The van der Waals surface area contributed by atoms with Gasteiger partial charge in [-0.25, -0.2) is 13.2 Å². The molecular weight excluding hydrogens is 456 g/mol. The highest BCUT2D eigenvalue weighted by Crippen LogP contribution is 2.47. The zero-order valence-corrected chi connectivity index (χ0v) is 18.9. The first kappa shape index (κ1) is 21.1. The quantitative estimate of drug-likeness (QED) is 0.592. The predicted molar refractivity (Wildman–Crippen MR) is 118 cm³/mol. The van der Waals surface area contributed by atoms with E-state index < -0.39 is 27.5 Å². The molecule has 1 fully saturated rings. The second-order valence-corrected chi connectivity index (χ2v) is 11.3. The van der Waals surface area contributed by atoms with Gasteiger partial charge in [0.1, 0.15) is 9.77 Å². The van der Waals surface area contributed by atoms with Gasteiger partial charge in [0.15, 0.2) is 5.75 Å². The van der Waals surface area contributed by atoms with E-state index in [2.05, 4.69) is 0 Å². The van der Waals surface area contributed by atoms with Crippen molar-refractivity contribution in [2.75, 3.05) is 20.7 Å². The summed E-state index contributed by atoms with van der Waals surface area (Å²) in [6.07, 6.45) is 2.13. The Bertz CT molecular complexity index is 1450. The number of aliphatic hydroxyl groups excluding tert-OH is 1. The molecule has 1 aromatic carbocycles. The van der Waals surface area contributed by atoms with Crippen molar-refractivity contribution >= 4 is 38.2 Å². The van der Waals surface area contributed by atoms with Crippen LogP contribution in [-0.2, 0) is 10.0 Å². The van der Waals surface area contributed by atoms with Crippen LogP contribution in [0.3, 0.4) is 0 Å². The molecule has 1 saturated carbocycles. The molecule has 3 aromatic rings. The smallest absolute Gasteiger partial charge is 0.341 e. The highest BCUT2D eigenvalue weighted by Gasteiger charge is 2.37. The molecule has 2 N–H and O–H groups in total. The highest BCUT2D eigenvalue weighted by atomic mass is 32.2. The lowest BCUT2D eigenvalue weighted by Crippen LogP contribution is -2.35. The summed E-state index contributed by atoms with van der Waals surface area (Å²) < 4.78 is 34.2. The predicted octanol–water partition coefficient (Wildman–Crippen LogP) is 2.44. The second-order valence-electron chi connectivity index (χ2n) is 8.01. The topological polar surface area (TPSA) is 126 Å². The maximum atomic E-state index is 12.8. The summed E-state index contributed by atoms with van der Waals surface area (Å²) in [5.74, 6) is -0.925. The van der Waals surface area contributed by atoms with Gasteiger partial charge in [-0.15, -0.1) is 11.3 Å². The number of pyridine rings is 1. The number of likely N-dealkylation sites (N-methyl/N-ethyl adjacent to an activating group) is 1. The Morgan fingerprint density at radius 2 is 2.00 bits per heavy atom. The van der Waals surface area contributed by atoms with Gasteiger partial charge in [-0.3, -0.25) is 4.79 Å². The van der Waals surface area contributed by atoms with Gasteiger partial charge in [0, 0.05) is 41.8 Å². The molecule has 2 aliphatic rings. The van der Waals surface area contributed by atoms with Crippen molar-refractivity contribution in [1.82, 2.24) is 8.87 Å². The number of ether oxygens (including phenoxy) is 1. The number of benzene rings is 1. The highest BCUT2D eigenvalue weighted by molar-refractivity contribution is 7.91. The van der Waals surface area contributed by atoms with Gasteiger partial charge in [-0.2, -0.15) is 4.31 Å². The summed E-state index contributed by atoms with van der Waals surface area (Å²) >= 11 is 1.03. The Kier molecular flexibility index (Phi) is 4.71. The fourth-order valence-corrected chi connectivity index (χ4v) is 7.30. The van der Waals surface area contributed by atoms with Gasteiger partial charge in [0.2, 0.25) is 5.43 Å². The Hall–Kier alpha value is -2.73. The van der Waals surface area contributed by atoms with Gasteiger partial charge < -0.3 is 19.5 Å². The van der Waals surface area contributed by atoms with Crippen LogP contribution in [0.15, 0.2) is 33.4 Å². The number of carbonyl (C=O) groups is 1. The third kappa shape index (κ3) is 2.99. The summed E-state index contributed by atoms with van der Waals surface area (Å²) in [5.41, 5.74) is 0.490. The van der Waals surface area contributed by atoms with Crippen LogP contribution in [0.5, 0.6) is 5.75 Å². The molecule has 1 atom stereocenters. The zero-order chi connectivity index (χ0) is 22.9. The van der Waals surface area contributed by atoms with E-state index in [0.29, 0.717) is 27.3 Å². The molecule has 1 unspecified atom stereocenters. The van der Waals surface area contributed by atoms with Crippen LogP contribution in [0, 0.1) is 0 Å². The first-order valence-corrected chi connectivity index (χ1v) is 12.2. The molecule has 168 valence electrons. The lowest BCUT2D eigenvalue weighted by Gasteiger charge is -2.25. The summed E-state index contributed by atoms with van der Waals surface area (Å²) in [7, 11) is -0.827. The molecular formula is C21H20N2O7S2. The Balaban J connectivity index is 1.80. The molecule has 0 saturated heterocycles. The molecule has 9 nitrogen and oxygen atoms in total. The molecule has 11 heteroatoms. The molecule has 0 bridgehead atoms. The van der Waals surface area contributed by atoms with E-state index in [1.54, 1.807) is 22.8 Å². The summed E-state index contributed by atoms with van der Waals surface area (Å²) in [6, 6.07) is 4.89. The fourth-order valence-electron chi connectivity index (χ4n) is 4.15. The van der Waals surface area contributed by atoms with E-state index >= 15 is 0 Å². The number of fused-ring (bicyclic) bond motifs is 2. The number of β-amino-alcohol motifs (C(OH)–C–C–N with tert-alkyl or cyclic N) is 1. The van der Waals surface area contributed by atoms with Gasteiger partial charge >= 0.3 is 5.97 Å². The summed E-state index contributed by atoms with van der Waals surface area (Å²) in [6.45, 7) is -0.0282. The van der Waals surface area contributed by atoms with Crippen LogP contribution in [0.4, 0.5) is 0 Å². The maximum absolute atomic E-state index is 12.8. The number of carboxylic acids is 1. The molecule has 1 aliphatic heterocycles. The minimum absolute atomic E-state index is 0.0282. The number of aromatic nitrogens is 1. The number of sulfonamides is 1. The molecule has 2 aromatic heterocycles. The lowest BCUT2D eigenvalue weighted by molar-refractivity contribution is 0.0694. The number of nitrogens with zero attached hydrogens (tertiary/aromatic N) is 2. The van der Waals surface area contributed by atoms with Crippen LogP contribution in [0.1, 0.15) is 40.9 Å². The van der Waals surface area contributed by atoms with Crippen molar-refractivity contribution in [1.29, 1.82) is 0 Å². The van der Waals surface area contributed by atoms with Crippen LogP contribution >= 0.6 is 11.3 Å². The molecule has 1 aliphatic carbocycles. The maximum Gasteiger partial charge on any atom is 0.341 e. The van der Waals surface area contributed by atoms with Crippen molar-refractivity contribution < 1.29 is 28.2 Å². The fraction of sp³-hybridized carbons (Fsp3) is 0.333. The van der Waals surface area contributed by atoms with E-state index in [4.69, 9.17) is 4.74 Å². The third-order valence-electron chi connectivity index (χ3n) is 5.95. The minimum atomic E-state index is -3.71. The van der Waals surface area contributed by atoms with E-state index in [0.717, 1.165) is 28.5 Å². The van der Waals surface area contributed by atoms with Crippen LogP contribution in [0.2, 0.25) is 0 Å². The number of rotatable bonds is 4. The number of thiophene rings is 1. The first-order chi connectivity index (χ1) is 15.1. The van der Waals surface area contributed by atoms with Crippen molar-refractivity contribution in [3.05, 3.63) is 45.7 Å². The average molecular weight is 477 g/mol. The zero-order valence-electron chi connectivity index (χ0n) is 17.2. The van der Waals surface area contributed by atoms with Crippen LogP contribution < -0.4 is 10.2 Å². The van der Waals surface area contributed by atoms with E-state index in [-0.39, 0.29) is 27.7 Å². The first-order valence-electron chi connectivity index (χ1n) is 9.92. The van der Waals surface area contributed by atoms with E-state index in [9.17, 15) is 28.2 Å². The number of methoxy groups -OCH3 is 1. The molecule has 0 spiro atoms. The van der Waals surface area contributed by atoms with E-state index in [1.165, 1.54) is 20.4 Å². The Morgan fingerprint density at radius 1 is 1.28 bits per heavy atom. The van der Waals surface area contributed by atoms with Crippen LogP contribution in [-0.4, -0.2) is 54.2 Å². The molecule has 3 heterocycles. The third-order valence-corrected chi connectivity index (χ3v) is 9.48. The van der Waals surface area contributed by atoms with E-state index in [1.807, 2.05) is 0 Å². The second kappa shape index (κ2) is 7.14. The molecule has 5 rings (SSSR count). The van der Waals surface area contributed by atoms with Gasteiger partial charge in [0.25, 0.3) is 10.0 Å². The number of hydrogen-bond acceptors (Lipinski definition) is 7. The van der Waals surface area contributed by atoms with Gasteiger partial charge in [-0.05, 0) is 31.0 Å². The number of hydrogen-bond donors (Lipinski definition) is 2. The van der Waals surface area contributed by atoms with Crippen LogP contribution in [0.25, 0.3) is 21.3 Å². The summed E-state index contributed by atoms with van der Waals surface area (Å²) in [5, 5.41) is 20.1. The summed E-state index contributed by atoms with van der Waals surface area (Å²) in [4.78, 5) is 25.0. The molecule has 0 amide bonds. The molecule has 0 radical (unpaired) electrons. The van der Waals surface area contributed by atoms with Crippen molar-refractivity contribution in [2.24, 2.45) is 0 Å². The van der Waals surface area contributed by atoms with Crippen molar-refractivity contribution in [2.45, 2.75) is 29.2 Å².